The summed E-state index contributed by atoms with van der Waals surface area (Å²) in [5.41, 5.74) is 18.0. The van der Waals surface area contributed by atoms with Crippen molar-refractivity contribution in [1.29, 1.82) is 0 Å². The summed E-state index contributed by atoms with van der Waals surface area (Å²) in [6.07, 6.45) is 0. The lowest BCUT2D eigenvalue weighted by atomic mass is 9.97. The number of benzene rings is 5. The molecule has 3 nitrogen and oxygen atoms in total. The number of nitrogens with two attached hydrogens (primary N) is 1. The summed E-state index contributed by atoms with van der Waals surface area (Å²) in [6.45, 7) is 0. The predicted octanol–water partition coefficient (Wildman–Crippen LogP) is 7.77. The fraction of sp³-hybridized carbons (Fsp3) is 0. The van der Waals surface area contributed by atoms with Gasteiger partial charge in [-0.1, -0.05) is 84.9 Å². The number of hydrogen-bond acceptors (Lipinski definition) is 3. The van der Waals surface area contributed by atoms with Crippen LogP contribution < -0.4 is 16.2 Å². The standard InChI is InChI=1S/C30H25N3/c31-26-19-16-23(17-20-26)25-18-21-30(29(22-25)24-10-4-1-5-11-24)32-33(27-12-6-2-7-13-27)28-14-8-3-9-15-28/h1-22,32H,31H2. The molecule has 0 radical (unpaired) electrons. The molecule has 0 unspecified atom stereocenters. The summed E-state index contributed by atoms with van der Waals surface area (Å²) in [5.74, 6) is 0. The molecule has 0 aliphatic rings. The Labute approximate surface area is 194 Å². The van der Waals surface area contributed by atoms with Crippen LogP contribution in [0.5, 0.6) is 0 Å². The largest absolute Gasteiger partial charge is 0.399 e. The Bertz CT molecular complexity index is 1280. The summed E-state index contributed by atoms with van der Waals surface area (Å²) >= 11 is 0. The lowest BCUT2D eigenvalue weighted by Crippen LogP contribution is -2.24. The second-order valence-electron chi connectivity index (χ2n) is 7.87. The van der Waals surface area contributed by atoms with E-state index in [0.29, 0.717) is 0 Å². The van der Waals surface area contributed by atoms with Crippen molar-refractivity contribution in [3.8, 4) is 22.3 Å². The topological polar surface area (TPSA) is 41.3 Å². The van der Waals surface area contributed by atoms with Crippen LogP contribution in [0.15, 0.2) is 133 Å². The minimum atomic E-state index is 0.765. The van der Waals surface area contributed by atoms with Gasteiger partial charge >= 0.3 is 0 Å². The molecule has 3 heteroatoms. The first-order chi connectivity index (χ1) is 16.3. The summed E-state index contributed by atoms with van der Waals surface area (Å²) in [7, 11) is 0. The van der Waals surface area contributed by atoms with E-state index in [1.165, 1.54) is 0 Å². The Hall–Kier alpha value is -4.50. The molecule has 33 heavy (non-hydrogen) atoms. The first-order valence-electron chi connectivity index (χ1n) is 11.0. The minimum Gasteiger partial charge on any atom is -0.399 e. The highest BCUT2D eigenvalue weighted by molar-refractivity contribution is 5.85. The summed E-state index contributed by atoms with van der Waals surface area (Å²) in [6, 6.07) is 45.7. The molecule has 0 saturated heterocycles. The molecule has 0 saturated carbocycles. The van der Waals surface area contributed by atoms with Crippen molar-refractivity contribution in [1.82, 2.24) is 0 Å². The first-order valence-corrected chi connectivity index (χ1v) is 11.0. The molecule has 0 aliphatic heterocycles. The lowest BCUT2D eigenvalue weighted by Gasteiger charge is -2.28. The van der Waals surface area contributed by atoms with Gasteiger partial charge in [0.2, 0.25) is 0 Å². The second kappa shape index (κ2) is 9.33. The van der Waals surface area contributed by atoms with Crippen LogP contribution in [-0.2, 0) is 0 Å². The number of anilines is 4. The Balaban J connectivity index is 1.61. The molecule has 0 aliphatic carbocycles. The quantitative estimate of drug-likeness (QED) is 0.215. The van der Waals surface area contributed by atoms with Gasteiger partial charge < -0.3 is 5.73 Å². The van der Waals surface area contributed by atoms with Crippen LogP contribution in [-0.4, -0.2) is 0 Å². The van der Waals surface area contributed by atoms with E-state index in [4.69, 9.17) is 5.73 Å². The van der Waals surface area contributed by atoms with E-state index >= 15 is 0 Å². The van der Waals surface area contributed by atoms with Crippen molar-refractivity contribution in [2.24, 2.45) is 0 Å². The van der Waals surface area contributed by atoms with Gasteiger partial charge in [-0.2, -0.15) is 0 Å². The SMILES string of the molecule is Nc1ccc(-c2ccc(NN(c3ccccc3)c3ccccc3)c(-c3ccccc3)c2)cc1. The van der Waals surface area contributed by atoms with E-state index in [-0.39, 0.29) is 0 Å². The normalized spacial score (nSPS) is 10.5. The molecule has 5 rings (SSSR count). The average molecular weight is 428 g/mol. The van der Waals surface area contributed by atoms with Crippen LogP contribution >= 0.6 is 0 Å². The van der Waals surface area contributed by atoms with Crippen molar-refractivity contribution < 1.29 is 0 Å². The van der Waals surface area contributed by atoms with Gasteiger partial charge in [0.05, 0.1) is 17.1 Å². The molecule has 0 atom stereocenters. The average Bonchev–Trinajstić information content (AvgIpc) is 2.89. The van der Waals surface area contributed by atoms with Gasteiger partial charge in [-0.25, -0.2) is 0 Å². The first kappa shape index (κ1) is 20.4. The molecular weight excluding hydrogens is 402 g/mol. The van der Waals surface area contributed by atoms with Gasteiger partial charge in [-0.15, -0.1) is 0 Å². The van der Waals surface area contributed by atoms with Crippen LogP contribution in [0.25, 0.3) is 22.3 Å². The van der Waals surface area contributed by atoms with E-state index in [1.54, 1.807) is 0 Å². The molecule has 0 fully saturated rings. The molecule has 0 spiro atoms. The monoisotopic (exact) mass is 427 g/mol. The maximum Gasteiger partial charge on any atom is 0.0630 e. The van der Waals surface area contributed by atoms with Gasteiger partial charge in [0.25, 0.3) is 0 Å². The van der Waals surface area contributed by atoms with Gasteiger partial charge in [0, 0.05) is 11.3 Å². The van der Waals surface area contributed by atoms with Crippen LogP contribution in [0, 0.1) is 0 Å². The molecule has 0 aromatic heterocycles. The molecular formula is C30H25N3. The van der Waals surface area contributed by atoms with E-state index in [2.05, 4.69) is 114 Å². The zero-order valence-corrected chi connectivity index (χ0v) is 18.2. The number of rotatable bonds is 6. The third-order valence-electron chi connectivity index (χ3n) is 5.61. The highest BCUT2D eigenvalue weighted by atomic mass is 15.5. The number of hydrogen-bond donors (Lipinski definition) is 2. The van der Waals surface area contributed by atoms with E-state index in [9.17, 15) is 0 Å². The molecule has 0 heterocycles. The molecule has 5 aromatic carbocycles. The molecule has 3 N–H and O–H groups in total. The van der Waals surface area contributed by atoms with E-state index in [0.717, 1.165) is 45.0 Å². The van der Waals surface area contributed by atoms with Crippen LogP contribution in [0.3, 0.4) is 0 Å². The number of nitrogens with one attached hydrogen (secondary N) is 1. The molecule has 0 bridgehead atoms. The smallest absolute Gasteiger partial charge is 0.0630 e. The fourth-order valence-corrected chi connectivity index (χ4v) is 3.91. The summed E-state index contributed by atoms with van der Waals surface area (Å²) in [4.78, 5) is 0. The number of nitrogen functional groups attached to an aromatic ring is 1. The summed E-state index contributed by atoms with van der Waals surface area (Å²) in [5, 5.41) is 2.12. The van der Waals surface area contributed by atoms with E-state index < -0.39 is 0 Å². The Morgan fingerprint density at radius 2 is 1.00 bits per heavy atom. The van der Waals surface area contributed by atoms with Crippen molar-refractivity contribution in [2.75, 3.05) is 16.2 Å². The van der Waals surface area contributed by atoms with Gasteiger partial charge in [-0.3, -0.25) is 10.4 Å². The van der Waals surface area contributed by atoms with Gasteiger partial charge in [-0.05, 0) is 65.2 Å². The number of para-hydroxylation sites is 2. The molecule has 5 aromatic rings. The van der Waals surface area contributed by atoms with Crippen molar-refractivity contribution in [3.63, 3.8) is 0 Å². The van der Waals surface area contributed by atoms with Crippen LogP contribution in [0.1, 0.15) is 0 Å². The van der Waals surface area contributed by atoms with E-state index in [1.807, 2.05) is 30.3 Å². The maximum atomic E-state index is 5.90. The minimum absolute atomic E-state index is 0.765. The third kappa shape index (κ3) is 4.58. The van der Waals surface area contributed by atoms with Crippen LogP contribution in [0.4, 0.5) is 22.7 Å². The maximum absolute atomic E-state index is 5.90. The summed E-state index contributed by atoms with van der Waals surface area (Å²) < 4.78 is 0. The second-order valence-corrected chi connectivity index (χ2v) is 7.87. The molecule has 0 amide bonds. The Morgan fingerprint density at radius 3 is 1.58 bits per heavy atom. The van der Waals surface area contributed by atoms with Crippen LogP contribution in [0.2, 0.25) is 0 Å². The number of hydrazine groups is 1. The number of nitrogens with zero attached hydrogens (tertiary/aromatic N) is 1. The highest BCUT2D eigenvalue weighted by Crippen LogP contribution is 2.35. The third-order valence-corrected chi connectivity index (χ3v) is 5.61. The zero-order chi connectivity index (χ0) is 22.5. The fourth-order valence-electron chi connectivity index (χ4n) is 3.91. The lowest BCUT2D eigenvalue weighted by molar-refractivity contribution is 1.16. The highest BCUT2D eigenvalue weighted by Gasteiger charge is 2.14. The zero-order valence-electron chi connectivity index (χ0n) is 18.2. The Kier molecular flexibility index (Phi) is 5.77. The van der Waals surface area contributed by atoms with Gasteiger partial charge in [0.15, 0.2) is 0 Å². The van der Waals surface area contributed by atoms with Gasteiger partial charge in [0.1, 0.15) is 0 Å². The van der Waals surface area contributed by atoms with Crippen molar-refractivity contribution in [2.45, 2.75) is 0 Å². The Morgan fingerprint density at radius 1 is 0.485 bits per heavy atom. The predicted molar refractivity (Wildman–Crippen MR) is 140 cm³/mol. The van der Waals surface area contributed by atoms with Crippen molar-refractivity contribution in [3.05, 3.63) is 133 Å². The molecule has 160 valence electrons. The van der Waals surface area contributed by atoms with Crippen molar-refractivity contribution >= 4 is 22.7 Å².